The van der Waals surface area contributed by atoms with Crippen LogP contribution >= 0.6 is 0 Å². The molecule has 19 heavy (non-hydrogen) atoms. The first-order valence-corrected chi connectivity index (χ1v) is 7.91. The number of benzene rings is 1. The fourth-order valence-electron chi connectivity index (χ4n) is 1.79. The largest absolute Gasteiger partial charge is 0.316 e. The summed E-state index contributed by atoms with van der Waals surface area (Å²) in [5.41, 5.74) is 0.493. The Bertz CT molecular complexity index is 488. The van der Waals surface area contributed by atoms with Gasteiger partial charge in [-0.15, -0.1) is 0 Å². The van der Waals surface area contributed by atoms with E-state index in [0.717, 1.165) is 6.54 Å². The van der Waals surface area contributed by atoms with Crippen LogP contribution in [0.4, 0.5) is 10.1 Å². The van der Waals surface area contributed by atoms with Gasteiger partial charge in [0.25, 0.3) is 0 Å². The van der Waals surface area contributed by atoms with Gasteiger partial charge in [-0.3, -0.25) is 4.31 Å². The van der Waals surface area contributed by atoms with E-state index in [0.29, 0.717) is 18.8 Å². The molecular weight excluding hydrogens is 267 g/mol. The lowest BCUT2D eigenvalue weighted by Crippen LogP contribution is -2.42. The van der Waals surface area contributed by atoms with Gasteiger partial charge >= 0.3 is 0 Å². The molecule has 0 aliphatic heterocycles. The van der Waals surface area contributed by atoms with Crippen molar-refractivity contribution in [3.05, 3.63) is 30.1 Å². The van der Waals surface area contributed by atoms with E-state index in [1.165, 1.54) is 28.6 Å². The lowest BCUT2D eigenvalue weighted by molar-refractivity contribution is 0.570. The van der Waals surface area contributed by atoms with Crippen molar-refractivity contribution in [2.75, 3.05) is 23.9 Å². The van der Waals surface area contributed by atoms with Gasteiger partial charge in [0, 0.05) is 13.1 Å². The first-order valence-electron chi connectivity index (χ1n) is 6.41. The molecule has 0 saturated heterocycles. The first kappa shape index (κ1) is 15.9. The maximum Gasteiger partial charge on any atom is 0.239 e. The molecule has 0 aliphatic rings. The van der Waals surface area contributed by atoms with Gasteiger partial charge < -0.3 is 5.32 Å². The lowest BCUT2D eigenvalue weighted by atomic mass is 10.3. The highest BCUT2D eigenvalue weighted by molar-refractivity contribution is 7.93. The summed E-state index contributed by atoms with van der Waals surface area (Å²) in [4.78, 5) is 0. The van der Waals surface area contributed by atoms with Crippen LogP contribution < -0.4 is 9.62 Å². The van der Waals surface area contributed by atoms with Gasteiger partial charge in [-0.2, -0.15) is 0 Å². The van der Waals surface area contributed by atoms with Crippen molar-refractivity contribution in [3.8, 4) is 0 Å². The average Bonchev–Trinajstić information content (AvgIpc) is 2.38. The summed E-state index contributed by atoms with van der Waals surface area (Å²) in [7, 11) is -3.44. The number of hydrogen-bond acceptors (Lipinski definition) is 3. The molecule has 0 heterocycles. The summed E-state index contributed by atoms with van der Waals surface area (Å²) in [6.07, 6.45) is 0. The molecule has 0 bridgehead atoms. The molecule has 6 heteroatoms. The van der Waals surface area contributed by atoms with Crippen molar-refractivity contribution in [2.24, 2.45) is 0 Å². The molecule has 108 valence electrons. The molecule has 0 aliphatic carbocycles. The van der Waals surface area contributed by atoms with Gasteiger partial charge in [0.1, 0.15) is 5.82 Å². The summed E-state index contributed by atoms with van der Waals surface area (Å²) in [6.45, 7) is 6.81. The smallest absolute Gasteiger partial charge is 0.239 e. The maximum absolute atomic E-state index is 12.9. The van der Waals surface area contributed by atoms with Gasteiger partial charge in [-0.1, -0.05) is 6.92 Å². The minimum absolute atomic E-state index is 0.324. The highest BCUT2D eigenvalue weighted by atomic mass is 32.2. The highest BCUT2D eigenvalue weighted by Crippen LogP contribution is 2.20. The maximum atomic E-state index is 12.9. The summed E-state index contributed by atoms with van der Waals surface area (Å²) in [5.74, 6) is -0.377. The van der Waals surface area contributed by atoms with Crippen molar-refractivity contribution < 1.29 is 12.8 Å². The summed E-state index contributed by atoms with van der Waals surface area (Å²) >= 11 is 0. The Morgan fingerprint density at radius 1 is 1.26 bits per heavy atom. The van der Waals surface area contributed by atoms with Crippen molar-refractivity contribution in [2.45, 2.75) is 26.0 Å². The molecule has 0 spiro atoms. The van der Waals surface area contributed by atoms with E-state index in [-0.39, 0.29) is 5.82 Å². The van der Waals surface area contributed by atoms with Crippen molar-refractivity contribution in [3.63, 3.8) is 0 Å². The zero-order chi connectivity index (χ0) is 14.5. The second kappa shape index (κ2) is 6.86. The quantitative estimate of drug-likeness (QED) is 0.834. The predicted molar refractivity (Wildman–Crippen MR) is 76.3 cm³/mol. The Labute approximate surface area is 114 Å². The number of nitrogens with one attached hydrogen (secondary N) is 1. The molecule has 1 rings (SSSR count). The third kappa shape index (κ3) is 3.91. The van der Waals surface area contributed by atoms with Crippen LogP contribution in [0, 0.1) is 5.82 Å². The predicted octanol–water partition coefficient (Wildman–Crippen LogP) is 1.98. The molecule has 4 nitrogen and oxygen atoms in total. The van der Waals surface area contributed by atoms with E-state index >= 15 is 0 Å². The first-order chi connectivity index (χ1) is 8.93. The number of rotatable bonds is 7. The van der Waals surface area contributed by atoms with E-state index in [4.69, 9.17) is 0 Å². The van der Waals surface area contributed by atoms with Gasteiger partial charge in [0.2, 0.25) is 10.0 Å². The third-order valence-corrected chi connectivity index (χ3v) is 5.17. The second-order valence-corrected chi connectivity index (χ2v) is 6.58. The molecule has 0 radical (unpaired) electrons. The molecular formula is C13H21FN2O2S. The van der Waals surface area contributed by atoms with Crippen LogP contribution in [0.5, 0.6) is 0 Å². The van der Waals surface area contributed by atoms with Crippen molar-refractivity contribution in [1.82, 2.24) is 5.32 Å². The van der Waals surface area contributed by atoms with E-state index in [9.17, 15) is 12.8 Å². The van der Waals surface area contributed by atoms with Gasteiger partial charge in [-0.25, -0.2) is 12.8 Å². The van der Waals surface area contributed by atoms with Crippen molar-refractivity contribution in [1.29, 1.82) is 0 Å². The number of anilines is 1. The SMILES string of the molecule is CCNCC(C)S(=O)(=O)N(CC)c1ccc(F)cc1. The Balaban J connectivity index is 2.98. The number of nitrogens with zero attached hydrogens (tertiary/aromatic N) is 1. The molecule has 0 fully saturated rings. The fraction of sp³-hybridized carbons (Fsp3) is 0.538. The number of hydrogen-bond donors (Lipinski definition) is 1. The molecule has 1 aromatic carbocycles. The van der Waals surface area contributed by atoms with Gasteiger partial charge in [0.05, 0.1) is 10.9 Å². The van der Waals surface area contributed by atoms with Crippen LogP contribution in [-0.2, 0) is 10.0 Å². The second-order valence-electron chi connectivity index (χ2n) is 4.30. The van der Waals surface area contributed by atoms with Crippen molar-refractivity contribution >= 4 is 15.7 Å². The Morgan fingerprint density at radius 2 is 1.84 bits per heavy atom. The molecule has 0 aromatic heterocycles. The summed E-state index contributed by atoms with van der Waals surface area (Å²) in [5, 5.41) is 2.50. The van der Waals surface area contributed by atoms with E-state index in [1.54, 1.807) is 13.8 Å². The monoisotopic (exact) mass is 288 g/mol. The van der Waals surface area contributed by atoms with Crippen LogP contribution in [0.1, 0.15) is 20.8 Å². The molecule has 1 unspecified atom stereocenters. The Hall–Kier alpha value is -1.14. The van der Waals surface area contributed by atoms with Crippen LogP contribution in [0.15, 0.2) is 24.3 Å². The summed E-state index contributed by atoms with van der Waals surface area (Å²) in [6, 6.07) is 5.50. The van der Waals surface area contributed by atoms with Crippen LogP contribution in [0.25, 0.3) is 0 Å². The topological polar surface area (TPSA) is 49.4 Å². The minimum atomic E-state index is -3.44. The molecule has 1 atom stereocenters. The van der Waals surface area contributed by atoms with Gasteiger partial charge in [0.15, 0.2) is 0 Å². The van der Waals surface area contributed by atoms with E-state index in [2.05, 4.69) is 5.32 Å². The third-order valence-electron chi connectivity index (χ3n) is 2.90. The molecule has 0 amide bonds. The normalized spacial score (nSPS) is 13.3. The summed E-state index contributed by atoms with van der Waals surface area (Å²) < 4.78 is 39.1. The number of sulfonamides is 1. The van der Waals surface area contributed by atoms with Crippen LogP contribution in [0.2, 0.25) is 0 Å². The fourth-order valence-corrected chi connectivity index (χ4v) is 3.33. The molecule has 1 N–H and O–H groups in total. The zero-order valence-corrected chi connectivity index (χ0v) is 12.4. The Morgan fingerprint density at radius 3 is 2.32 bits per heavy atom. The van der Waals surface area contributed by atoms with Crippen LogP contribution in [0.3, 0.4) is 0 Å². The van der Waals surface area contributed by atoms with E-state index < -0.39 is 15.3 Å². The number of halogens is 1. The zero-order valence-electron chi connectivity index (χ0n) is 11.6. The molecule has 1 aromatic rings. The Kier molecular flexibility index (Phi) is 5.75. The van der Waals surface area contributed by atoms with Gasteiger partial charge in [-0.05, 0) is 44.7 Å². The molecule has 0 saturated carbocycles. The lowest BCUT2D eigenvalue weighted by Gasteiger charge is -2.26. The standard InChI is InChI=1S/C13H21FN2O2S/c1-4-15-10-11(3)19(17,18)16(5-2)13-8-6-12(14)7-9-13/h6-9,11,15H,4-5,10H2,1-3H3. The van der Waals surface area contributed by atoms with E-state index in [1.807, 2.05) is 6.92 Å². The highest BCUT2D eigenvalue weighted by Gasteiger charge is 2.27. The van der Waals surface area contributed by atoms with Crippen LogP contribution in [-0.4, -0.2) is 33.3 Å². The minimum Gasteiger partial charge on any atom is -0.316 e. The average molecular weight is 288 g/mol.